The minimum absolute atomic E-state index is 0.00610. The summed E-state index contributed by atoms with van der Waals surface area (Å²) < 4.78 is 5.09. The molecular weight excluding hydrogens is 248 g/mol. The Morgan fingerprint density at radius 2 is 2.05 bits per heavy atom. The van der Waals surface area contributed by atoms with Crippen molar-refractivity contribution < 1.29 is 14.5 Å². The molecule has 19 heavy (non-hydrogen) atoms. The molecular formula is C13H18N2O4. The van der Waals surface area contributed by atoms with Gasteiger partial charge in [0.15, 0.2) is 0 Å². The Morgan fingerprint density at radius 3 is 2.58 bits per heavy atom. The van der Waals surface area contributed by atoms with Crippen LogP contribution in [0.5, 0.6) is 0 Å². The summed E-state index contributed by atoms with van der Waals surface area (Å²) in [7, 11) is 0. The lowest BCUT2D eigenvalue weighted by Crippen LogP contribution is -2.32. The van der Waals surface area contributed by atoms with Gasteiger partial charge >= 0.3 is 6.09 Å². The number of nitro groups is 1. The summed E-state index contributed by atoms with van der Waals surface area (Å²) in [6.07, 6.45) is -0.543. The molecule has 1 rings (SSSR count). The molecule has 0 aliphatic rings. The van der Waals surface area contributed by atoms with Gasteiger partial charge in [-0.3, -0.25) is 10.1 Å². The van der Waals surface area contributed by atoms with Crippen molar-refractivity contribution in [2.75, 3.05) is 0 Å². The fraction of sp³-hybridized carbons (Fsp3) is 0.462. The van der Waals surface area contributed by atoms with E-state index >= 15 is 0 Å². The van der Waals surface area contributed by atoms with Crippen molar-refractivity contribution in [2.24, 2.45) is 0 Å². The van der Waals surface area contributed by atoms with Gasteiger partial charge < -0.3 is 10.1 Å². The lowest BCUT2D eigenvalue weighted by Gasteiger charge is -2.19. The molecule has 0 atom stereocenters. The van der Waals surface area contributed by atoms with Crippen LogP contribution in [0.1, 0.15) is 31.9 Å². The zero-order chi connectivity index (χ0) is 14.6. The molecule has 1 amide bonds. The smallest absolute Gasteiger partial charge is 0.407 e. The third kappa shape index (κ3) is 4.95. The number of carbonyl (C=O) groups excluding carboxylic acids is 1. The zero-order valence-electron chi connectivity index (χ0n) is 11.5. The van der Waals surface area contributed by atoms with E-state index < -0.39 is 16.6 Å². The van der Waals surface area contributed by atoms with E-state index in [1.54, 1.807) is 26.8 Å². The second kappa shape index (κ2) is 5.69. The van der Waals surface area contributed by atoms with Crippen molar-refractivity contribution in [3.63, 3.8) is 0 Å². The van der Waals surface area contributed by atoms with E-state index in [1.165, 1.54) is 12.1 Å². The van der Waals surface area contributed by atoms with E-state index in [4.69, 9.17) is 4.74 Å². The number of hydrogen-bond donors (Lipinski definition) is 1. The molecule has 1 aromatic rings. The van der Waals surface area contributed by atoms with Gasteiger partial charge in [-0.1, -0.05) is 6.07 Å². The maximum absolute atomic E-state index is 11.5. The van der Waals surface area contributed by atoms with Gasteiger partial charge in [-0.15, -0.1) is 0 Å². The maximum Gasteiger partial charge on any atom is 0.407 e. The van der Waals surface area contributed by atoms with Crippen LogP contribution in [-0.4, -0.2) is 16.6 Å². The monoisotopic (exact) mass is 266 g/mol. The second-order valence-electron chi connectivity index (χ2n) is 5.22. The SMILES string of the molecule is Cc1ccc([N+](=O)[O-])cc1CNC(=O)OC(C)(C)C. The summed E-state index contributed by atoms with van der Waals surface area (Å²) in [5.74, 6) is 0. The normalized spacial score (nSPS) is 10.9. The quantitative estimate of drug-likeness (QED) is 0.673. The topological polar surface area (TPSA) is 81.5 Å². The number of amides is 1. The predicted molar refractivity (Wildman–Crippen MR) is 70.9 cm³/mol. The van der Waals surface area contributed by atoms with Crippen LogP contribution in [0.15, 0.2) is 18.2 Å². The molecule has 0 aromatic heterocycles. The number of rotatable bonds is 3. The first-order chi connectivity index (χ1) is 8.69. The van der Waals surface area contributed by atoms with Crippen molar-refractivity contribution in [3.05, 3.63) is 39.4 Å². The van der Waals surface area contributed by atoms with Crippen LogP contribution < -0.4 is 5.32 Å². The number of benzene rings is 1. The van der Waals surface area contributed by atoms with Crippen LogP contribution in [-0.2, 0) is 11.3 Å². The summed E-state index contributed by atoms with van der Waals surface area (Å²) in [6.45, 7) is 7.33. The third-order valence-electron chi connectivity index (χ3n) is 2.37. The van der Waals surface area contributed by atoms with Gasteiger partial charge in [0.05, 0.1) is 4.92 Å². The van der Waals surface area contributed by atoms with Crippen molar-refractivity contribution in [2.45, 2.75) is 39.8 Å². The van der Waals surface area contributed by atoms with Crippen molar-refractivity contribution in [1.82, 2.24) is 5.32 Å². The van der Waals surface area contributed by atoms with Gasteiger partial charge in [0.2, 0.25) is 0 Å². The maximum atomic E-state index is 11.5. The number of ether oxygens (including phenoxy) is 1. The molecule has 0 heterocycles. The fourth-order valence-electron chi connectivity index (χ4n) is 1.44. The number of alkyl carbamates (subject to hydrolysis) is 1. The third-order valence-corrected chi connectivity index (χ3v) is 2.37. The lowest BCUT2D eigenvalue weighted by molar-refractivity contribution is -0.384. The molecule has 0 saturated carbocycles. The minimum Gasteiger partial charge on any atom is -0.444 e. The molecule has 104 valence electrons. The Kier molecular flexibility index (Phi) is 4.47. The highest BCUT2D eigenvalue weighted by atomic mass is 16.6. The largest absolute Gasteiger partial charge is 0.444 e. The van der Waals surface area contributed by atoms with E-state index in [2.05, 4.69) is 5.32 Å². The van der Waals surface area contributed by atoms with E-state index in [0.717, 1.165) is 5.56 Å². The molecule has 0 unspecified atom stereocenters. The van der Waals surface area contributed by atoms with Gasteiger partial charge in [0, 0.05) is 18.7 Å². The summed E-state index contributed by atoms with van der Waals surface area (Å²) >= 11 is 0. The van der Waals surface area contributed by atoms with Gasteiger partial charge in [-0.2, -0.15) is 0 Å². The van der Waals surface area contributed by atoms with Crippen LogP contribution in [0.3, 0.4) is 0 Å². The molecule has 0 radical (unpaired) electrons. The van der Waals surface area contributed by atoms with E-state index in [-0.39, 0.29) is 12.2 Å². The fourth-order valence-corrected chi connectivity index (χ4v) is 1.44. The second-order valence-corrected chi connectivity index (χ2v) is 5.22. The van der Waals surface area contributed by atoms with Crippen molar-refractivity contribution in [3.8, 4) is 0 Å². The van der Waals surface area contributed by atoms with Crippen LogP contribution in [0.25, 0.3) is 0 Å². The zero-order valence-corrected chi connectivity index (χ0v) is 11.5. The van der Waals surface area contributed by atoms with Crippen LogP contribution in [0.4, 0.5) is 10.5 Å². The molecule has 1 aromatic carbocycles. The molecule has 6 nitrogen and oxygen atoms in total. The molecule has 0 fully saturated rings. The molecule has 0 spiro atoms. The average Bonchev–Trinajstić information content (AvgIpc) is 2.25. The summed E-state index contributed by atoms with van der Waals surface area (Å²) in [6, 6.07) is 4.54. The Balaban J connectivity index is 2.70. The predicted octanol–water partition coefficient (Wildman–Crippen LogP) is 2.93. The first-order valence-electron chi connectivity index (χ1n) is 5.90. The molecule has 1 N–H and O–H groups in total. The van der Waals surface area contributed by atoms with Gasteiger partial charge in [0.1, 0.15) is 5.60 Å². The molecule has 0 saturated heterocycles. The van der Waals surface area contributed by atoms with Crippen LogP contribution in [0.2, 0.25) is 0 Å². The van der Waals surface area contributed by atoms with Crippen LogP contribution in [0, 0.1) is 17.0 Å². The highest BCUT2D eigenvalue weighted by Gasteiger charge is 2.16. The molecule has 0 aliphatic carbocycles. The van der Waals surface area contributed by atoms with E-state index in [1.807, 2.05) is 6.92 Å². The number of hydrogen-bond acceptors (Lipinski definition) is 4. The van der Waals surface area contributed by atoms with Gasteiger partial charge in [-0.25, -0.2) is 4.79 Å². The lowest BCUT2D eigenvalue weighted by atomic mass is 10.1. The van der Waals surface area contributed by atoms with E-state index in [0.29, 0.717) is 5.56 Å². The first-order valence-corrected chi connectivity index (χ1v) is 5.90. The summed E-state index contributed by atoms with van der Waals surface area (Å²) in [5, 5.41) is 13.3. The van der Waals surface area contributed by atoms with E-state index in [9.17, 15) is 14.9 Å². The highest BCUT2D eigenvalue weighted by molar-refractivity contribution is 5.67. The average molecular weight is 266 g/mol. The minimum atomic E-state index is -0.568. The van der Waals surface area contributed by atoms with Gasteiger partial charge in [-0.05, 0) is 38.8 Å². The number of carbonyl (C=O) groups is 1. The Bertz CT molecular complexity index is 492. The number of nitrogens with one attached hydrogen (secondary N) is 1. The van der Waals surface area contributed by atoms with Crippen molar-refractivity contribution in [1.29, 1.82) is 0 Å². The Labute approximate surface area is 111 Å². The number of nitro benzene ring substituents is 1. The number of nitrogens with zero attached hydrogens (tertiary/aromatic N) is 1. The summed E-state index contributed by atoms with van der Waals surface area (Å²) in [4.78, 5) is 21.7. The van der Waals surface area contributed by atoms with Crippen molar-refractivity contribution >= 4 is 11.8 Å². The van der Waals surface area contributed by atoms with Gasteiger partial charge in [0.25, 0.3) is 5.69 Å². The molecule has 6 heteroatoms. The molecule has 0 bridgehead atoms. The standard InChI is InChI=1S/C13H18N2O4/c1-9-5-6-11(15(17)18)7-10(9)8-14-12(16)19-13(2,3)4/h5-7H,8H2,1-4H3,(H,14,16). The highest BCUT2D eigenvalue weighted by Crippen LogP contribution is 2.17. The first kappa shape index (κ1) is 14.9. The summed E-state index contributed by atoms with van der Waals surface area (Å²) in [5.41, 5.74) is 1.01. The Morgan fingerprint density at radius 1 is 1.42 bits per heavy atom. The Hall–Kier alpha value is -2.11. The molecule has 0 aliphatic heterocycles. The number of aryl methyl sites for hydroxylation is 1. The number of non-ortho nitro benzene ring substituents is 1. The van der Waals surface area contributed by atoms with Crippen LogP contribution >= 0.6 is 0 Å².